The molecule has 2 saturated heterocycles. The second-order valence-electron chi connectivity index (χ2n) is 11.6. The number of aromatic nitrogens is 4. The van der Waals surface area contributed by atoms with E-state index in [1.54, 1.807) is 12.1 Å². The van der Waals surface area contributed by atoms with Crippen LogP contribution in [0.5, 0.6) is 0 Å². The van der Waals surface area contributed by atoms with Crippen molar-refractivity contribution in [3.05, 3.63) is 70.8 Å². The van der Waals surface area contributed by atoms with Crippen molar-refractivity contribution in [2.24, 2.45) is 11.8 Å². The molecule has 0 spiro atoms. The topological polar surface area (TPSA) is 106 Å². The standard InChI is InChI=1S/C31H33ClFN7O3/c1-18-10-12-19(13-11-18)16-40-26-25(21-8-5-9-22(32)24(21)33)34-28(29-37-31(41)43-38-29)35-27(26)36-30(40)39-14-15-42-17-23(39)20-6-3-2-4-7-20/h2-9,18-19,23,29,38H,10-17H2,1H3,(H,37,41)/t18?,19?,23-,29?/m0/s1. The first kappa shape index (κ1) is 28.0. The highest BCUT2D eigenvalue weighted by Gasteiger charge is 2.34. The van der Waals surface area contributed by atoms with Crippen molar-refractivity contribution in [3.8, 4) is 11.3 Å². The highest BCUT2D eigenvalue weighted by atomic mass is 35.5. The van der Waals surface area contributed by atoms with Crippen molar-refractivity contribution in [2.75, 3.05) is 24.7 Å². The van der Waals surface area contributed by atoms with Gasteiger partial charge in [-0.15, -0.1) is 5.48 Å². The van der Waals surface area contributed by atoms with E-state index in [-0.39, 0.29) is 22.5 Å². The summed E-state index contributed by atoms with van der Waals surface area (Å²) < 4.78 is 23.8. The second kappa shape index (κ2) is 11.7. The van der Waals surface area contributed by atoms with Gasteiger partial charge >= 0.3 is 6.09 Å². The molecule has 2 atom stereocenters. The molecule has 3 fully saturated rings. The summed E-state index contributed by atoms with van der Waals surface area (Å²) in [4.78, 5) is 33.8. The van der Waals surface area contributed by atoms with Crippen LogP contribution in [0, 0.1) is 17.7 Å². The molecule has 10 nitrogen and oxygen atoms in total. The van der Waals surface area contributed by atoms with Crippen LogP contribution in [-0.2, 0) is 16.1 Å². The van der Waals surface area contributed by atoms with Crippen molar-refractivity contribution in [3.63, 3.8) is 0 Å². The lowest BCUT2D eigenvalue weighted by atomic mass is 9.83. The SMILES string of the molecule is CC1CCC(Cn2c(N3CCOC[C@H]3c3ccccc3)nc3nc(C4NOC(=O)N4)nc(-c4cccc(Cl)c4F)c32)CC1. The largest absolute Gasteiger partial charge is 0.427 e. The lowest BCUT2D eigenvalue weighted by Crippen LogP contribution is -2.41. The molecule has 12 heteroatoms. The number of rotatable bonds is 6. The maximum atomic E-state index is 15.7. The smallest absolute Gasteiger partial charge is 0.377 e. The van der Waals surface area contributed by atoms with Crippen LogP contribution in [0.15, 0.2) is 48.5 Å². The summed E-state index contributed by atoms with van der Waals surface area (Å²) in [6.07, 6.45) is 3.05. The van der Waals surface area contributed by atoms with Crippen LogP contribution < -0.4 is 15.7 Å². The van der Waals surface area contributed by atoms with Crippen LogP contribution in [-0.4, -0.2) is 45.4 Å². The van der Waals surface area contributed by atoms with Gasteiger partial charge in [0.25, 0.3) is 0 Å². The van der Waals surface area contributed by atoms with Gasteiger partial charge in [0.15, 0.2) is 23.5 Å². The highest BCUT2D eigenvalue weighted by Crippen LogP contribution is 2.39. The fourth-order valence-corrected chi connectivity index (χ4v) is 6.58. The molecular formula is C31H33ClFN7O3. The van der Waals surface area contributed by atoms with E-state index >= 15 is 4.39 Å². The fourth-order valence-electron chi connectivity index (χ4n) is 6.41. The van der Waals surface area contributed by atoms with Crippen LogP contribution >= 0.6 is 11.6 Å². The Morgan fingerprint density at radius 2 is 1.86 bits per heavy atom. The first-order chi connectivity index (χ1) is 21.0. The number of anilines is 1. The Kier molecular flexibility index (Phi) is 7.62. The molecule has 2 aromatic heterocycles. The number of benzene rings is 2. The second-order valence-corrected chi connectivity index (χ2v) is 12.0. The monoisotopic (exact) mass is 605 g/mol. The minimum Gasteiger partial charge on any atom is -0.377 e. The van der Waals surface area contributed by atoms with Gasteiger partial charge in [0.2, 0.25) is 5.95 Å². The molecule has 224 valence electrons. The number of hydroxylamine groups is 1. The lowest BCUT2D eigenvalue weighted by molar-refractivity contribution is 0.0927. The molecule has 43 heavy (non-hydrogen) atoms. The van der Waals surface area contributed by atoms with Crippen molar-refractivity contribution in [1.82, 2.24) is 30.3 Å². The van der Waals surface area contributed by atoms with Gasteiger partial charge < -0.3 is 19.0 Å². The minimum atomic E-state index is -0.827. The van der Waals surface area contributed by atoms with Gasteiger partial charge in [0.05, 0.1) is 24.3 Å². The number of amides is 1. The summed E-state index contributed by atoms with van der Waals surface area (Å²) in [6, 6.07) is 15.0. The fraction of sp³-hybridized carbons (Fsp3) is 0.419. The van der Waals surface area contributed by atoms with Crippen LogP contribution in [0.3, 0.4) is 0 Å². The van der Waals surface area contributed by atoms with E-state index in [2.05, 4.69) is 39.3 Å². The number of fused-ring (bicyclic) bond motifs is 1. The Morgan fingerprint density at radius 3 is 2.63 bits per heavy atom. The molecule has 0 radical (unpaired) electrons. The molecule has 4 heterocycles. The van der Waals surface area contributed by atoms with E-state index in [1.807, 2.05) is 18.2 Å². The van der Waals surface area contributed by atoms with Gasteiger partial charge in [-0.25, -0.2) is 19.2 Å². The zero-order valence-corrected chi connectivity index (χ0v) is 24.6. The first-order valence-corrected chi connectivity index (χ1v) is 15.2. The third-order valence-corrected chi connectivity index (χ3v) is 9.03. The summed E-state index contributed by atoms with van der Waals surface area (Å²) in [7, 11) is 0. The predicted molar refractivity (Wildman–Crippen MR) is 160 cm³/mol. The third-order valence-electron chi connectivity index (χ3n) is 8.74. The van der Waals surface area contributed by atoms with E-state index in [0.29, 0.717) is 55.0 Å². The number of halogens is 2. The summed E-state index contributed by atoms with van der Waals surface area (Å²) in [5.74, 6) is 1.49. The maximum absolute atomic E-state index is 15.7. The van der Waals surface area contributed by atoms with Crippen LogP contribution in [0.25, 0.3) is 22.4 Å². The van der Waals surface area contributed by atoms with Gasteiger partial charge in [0, 0.05) is 18.7 Å². The summed E-state index contributed by atoms with van der Waals surface area (Å²) in [6.45, 7) is 4.68. The maximum Gasteiger partial charge on any atom is 0.427 e. The molecule has 2 N–H and O–H groups in total. The average molecular weight is 606 g/mol. The van der Waals surface area contributed by atoms with Gasteiger partial charge in [-0.1, -0.05) is 67.8 Å². The van der Waals surface area contributed by atoms with Crippen molar-refractivity contribution in [1.29, 1.82) is 0 Å². The minimum absolute atomic E-state index is 0.00804. The number of ether oxygens (including phenoxy) is 1. The Hall–Kier alpha value is -3.80. The van der Waals surface area contributed by atoms with Crippen molar-refractivity contribution >= 4 is 34.8 Å². The molecule has 1 unspecified atom stereocenters. The molecule has 2 aromatic carbocycles. The number of hydrogen-bond donors (Lipinski definition) is 2. The van der Waals surface area contributed by atoms with E-state index < -0.39 is 18.1 Å². The summed E-state index contributed by atoms with van der Waals surface area (Å²) >= 11 is 6.27. The molecular weight excluding hydrogens is 573 g/mol. The van der Waals surface area contributed by atoms with Crippen LogP contribution in [0.4, 0.5) is 15.1 Å². The third kappa shape index (κ3) is 5.41. The number of nitrogens with one attached hydrogen (secondary N) is 2. The number of morpholine rings is 1. The zero-order chi connectivity index (χ0) is 29.5. The molecule has 0 bridgehead atoms. The van der Waals surface area contributed by atoms with Gasteiger partial charge in [0.1, 0.15) is 11.2 Å². The van der Waals surface area contributed by atoms with Crippen LogP contribution in [0.1, 0.15) is 56.2 Å². The highest BCUT2D eigenvalue weighted by molar-refractivity contribution is 6.31. The number of imidazole rings is 1. The number of carbonyl (C=O) groups excluding carboxylic acids is 1. The van der Waals surface area contributed by atoms with E-state index in [0.717, 1.165) is 24.4 Å². The molecule has 1 amide bonds. The molecule has 1 aliphatic carbocycles. The molecule has 4 aromatic rings. The average Bonchev–Trinajstić information content (AvgIpc) is 3.63. The van der Waals surface area contributed by atoms with Crippen molar-refractivity contribution < 1.29 is 18.8 Å². The van der Waals surface area contributed by atoms with Gasteiger partial charge in [-0.05, 0) is 42.4 Å². The molecule has 1 saturated carbocycles. The lowest BCUT2D eigenvalue weighted by Gasteiger charge is -2.37. The first-order valence-electron chi connectivity index (χ1n) is 14.8. The Balaban J connectivity index is 1.44. The predicted octanol–water partition coefficient (Wildman–Crippen LogP) is 5.93. The number of nitrogens with zero attached hydrogens (tertiary/aromatic N) is 5. The quantitative estimate of drug-likeness (QED) is 0.278. The summed E-state index contributed by atoms with van der Waals surface area (Å²) in [5.41, 5.74) is 5.35. The van der Waals surface area contributed by atoms with Crippen molar-refractivity contribution in [2.45, 2.75) is 51.4 Å². The number of carbonyl (C=O) groups is 1. The van der Waals surface area contributed by atoms with Crippen LogP contribution in [0.2, 0.25) is 5.02 Å². The molecule has 3 aliphatic rings. The Morgan fingerprint density at radius 1 is 1.05 bits per heavy atom. The van der Waals surface area contributed by atoms with E-state index in [4.69, 9.17) is 36.1 Å². The van der Waals surface area contributed by atoms with E-state index in [1.165, 1.54) is 18.9 Å². The zero-order valence-electron chi connectivity index (χ0n) is 23.8. The van der Waals surface area contributed by atoms with Gasteiger partial charge in [-0.2, -0.15) is 4.98 Å². The Bertz CT molecular complexity index is 1640. The summed E-state index contributed by atoms with van der Waals surface area (Å²) in [5, 5.41) is 2.64. The normalized spacial score (nSPS) is 24.3. The Labute approximate surface area is 253 Å². The van der Waals surface area contributed by atoms with Gasteiger partial charge in [-0.3, -0.25) is 5.32 Å². The molecule has 7 rings (SSSR count). The number of hydrogen-bond acceptors (Lipinski definition) is 8. The molecule has 2 aliphatic heterocycles. The van der Waals surface area contributed by atoms with E-state index in [9.17, 15) is 4.79 Å².